The first-order chi connectivity index (χ1) is 12.1. The van der Waals surface area contributed by atoms with Gasteiger partial charge in [-0.2, -0.15) is 0 Å². The fraction of sp³-hybridized carbons (Fsp3) is 0.533. The molecule has 0 unspecified atom stereocenters. The molecule has 0 N–H and O–H groups in total. The summed E-state index contributed by atoms with van der Waals surface area (Å²) in [4.78, 5) is 12.2. The third-order valence-electron chi connectivity index (χ3n) is 3.03. The Morgan fingerprint density at radius 3 is 1.64 bits per heavy atom. The smallest absolute Gasteiger partial charge is 0.463 e. The van der Waals surface area contributed by atoms with E-state index in [4.69, 9.17) is 27.5 Å². The van der Waals surface area contributed by atoms with Gasteiger partial charge in [-0.1, -0.05) is 25.3 Å². The lowest BCUT2D eigenvalue weighted by Gasteiger charge is -2.24. The Kier molecular flexibility index (Phi) is 9.70. The molecule has 0 aliphatic rings. The van der Waals surface area contributed by atoms with Crippen LogP contribution in [0.1, 0.15) is 6.42 Å². The topological polar surface area (TPSA) is 94.1 Å². The van der Waals surface area contributed by atoms with Crippen LogP contribution in [0.2, 0.25) is 6.04 Å². The molecule has 0 spiro atoms. The number of aromatic nitrogens is 3. The summed E-state index contributed by atoms with van der Waals surface area (Å²) >= 11 is 0. The Balaban J connectivity index is 2.66. The second kappa shape index (κ2) is 11.5. The molecule has 0 saturated carbocycles. The monoisotopic (exact) mass is 371 g/mol. The predicted octanol–water partition coefficient (Wildman–Crippen LogP) is 1.65. The molecule has 0 atom stereocenters. The lowest BCUT2D eigenvalue weighted by molar-refractivity contribution is 0.120. The third-order valence-corrected chi connectivity index (χ3v) is 5.86. The van der Waals surface area contributed by atoms with Gasteiger partial charge in [-0.25, -0.2) is 0 Å². The summed E-state index contributed by atoms with van der Waals surface area (Å²) in [6, 6.07) is 0.894. The highest BCUT2D eigenvalue weighted by atomic mass is 28.4. The molecule has 140 valence electrons. The fourth-order valence-electron chi connectivity index (χ4n) is 1.79. The van der Waals surface area contributed by atoms with Crippen LogP contribution in [-0.4, -0.2) is 64.9 Å². The standard InChI is InChI=1S/C15H25N3O6Si/c1-6-9-22-13-16-14(23-10-7-2)18-15(17-13)24-11-8-12-25(19-3,20-4)21-5/h6-7H,1-2,8-12H2,3-5H3. The molecule has 1 rings (SSSR count). The van der Waals surface area contributed by atoms with Crippen LogP contribution in [0, 0.1) is 0 Å². The molecule has 0 bridgehead atoms. The first-order valence-corrected chi connectivity index (χ1v) is 9.58. The molecule has 25 heavy (non-hydrogen) atoms. The maximum absolute atomic E-state index is 5.56. The van der Waals surface area contributed by atoms with Crippen molar-refractivity contribution >= 4 is 8.80 Å². The fourth-order valence-corrected chi connectivity index (χ4v) is 3.48. The highest BCUT2D eigenvalue weighted by molar-refractivity contribution is 6.60. The van der Waals surface area contributed by atoms with Gasteiger partial charge >= 0.3 is 26.8 Å². The van der Waals surface area contributed by atoms with Crippen molar-refractivity contribution in [3.63, 3.8) is 0 Å². The highest BCUT2D eigenvalue weighted by Gasteiger charge is 2.36. The zero-order valence-corrected chi connectivity index (χ0v) is 15.9. The Morgan fingerprint density at radius 2 is 1.24 bits per heavy atom. The van der Waals surface area contributed by atoms with Crippen LogP contribution in [0.4, 0.5) is 0 Å². The first kappa shape index (κ1) is 21.0. The number of hydrogen-bond acceptors (Lipinski definition) is 9. The second-order valence-electron chi connectivity index (χ2n) is 4.63. The molecule has 0 amide bonds. The van der Waals surface area contributed by atoms with E-state index in [0.29, 0.717) is 19.1 Å². The molecular weight excluding hydrogens is 346 g/mol. The number of nitrogens with zero attached hydrogens (tertiary/aromatic N) is 3. The van der Waals surface area contributed by atoms with Gasteiger partial charge in [0.05, 0.1) is 6.61 Å². The van der Waals surface area contributed by atoms with Gasteiger partial charge in [-0.05, 0) is 6.42 Å². The Hall–Kier alpha value is -2.01. The van der Waals surface area contributed by atoms with Crippen molar-refractivity contribution in [3.8, 4) is 18.0 Å². The Morgan fingerprint density at radius 1 is 0.800 bits per heavy atom. The van der Waals surface area contributed by atoms with E-state index in [9.17, 15) is 0 Å². The summed E-state index contributed by atoms with van der Waals surface area (Å²) in [6.07, 6.45) is 3.80. The van der Waals surface area contributed by atoms with E-state index < -0.39 is 8.80 Å². The molecule has 10 heteroatoms. The van der Waals surface area contributed by atoms with Crippen molar-refractivity contribution in [2.45, 2.75) is 12.5 Å². The Bertz CT molecular complexity index is 503. The lowest BCUT2D eigenvalue weighted by Crippen LogP contribution is -2.42. The van der Waals surface area contributed by atoms with Crippen molar-refractivity contribution in [2.75, 3.05) is 41.2 Å². The van der Waals surface area contributed by atoms with Crippen molar-refractivity contribution in [1.29, 1.82) is 0 Å². The first-order valence-electron chi connectivity index (χ1n) is 7.64. The van der Waals surface area contributed by atoms with Gasteiger partial charge in [-0.3, -0.25) is 0 Å². The van der Waals surface area contributed by atoms with Gasteiger partial charge < -0.3 is 27.5 Å². The van der Waals surface area contributed by atoms with Crippen molar-refractivity contribution in [3.05, 3.63) is 25.3 Å². The van der Waals surface area contributed by atoms with Gasteiger partial charge in [0.15, 0.2) is 0 Å². The third kappa shape index (κ3) is 7.18. The van der Waals surface area contributed by atoms with E-state index in [1.165, 1.54) is 0 Å². The number of rotatable bonds is 14. The predicted molar refractivity (Wildman–Crippen MR) is 92.9 cm³/mol. The van der Waals surface area contributed by atoms with Crippen LogP contribution in [0.5, 0.6) is 18.0 Å². The van der Waals surface area contributed by atoms with Crippen LogP contribution in [-0.2, 0) is 13.3 Å². The van der Waals surface area contributed by atoms with E-state index in [0.717, 1.165) is 0 Å². The van der Waals surface area contributed by atoms with Gasteiger partial charge in [0.25, 0.3) is 0 Å². The summed E-state index contributed by atoms with van der Waals surface area (Å²) in [7, 11) is 2.09. The minimum absolute atomic E-state index is 0.0957. The Labute approximate surface area is 149 Å². The quantitative estimate of drug-likeness (QED) is 0.275. The van der Waals surface area contributed by atoms with Crippen LogP contribution in [0.15, 0.2) is 25.3 Å². The lowest BCUT2D eigenvalue weighted by atomic mass is 10.5. The zero-order valence-electron chi connectivity index (χ0n) is 14.9. The summed E-state index contributed by atoms with van der Waals surface area (Å²) in [5.41, 5.74) is 0. The van der Waals surface area contributed by atoms with Crippen LogP contribution in [0.3, 0.4) is 0 Å². The normalized spacial score (nSPS) is 11.0. The van der Waals surface area contributed by atoms with E-state index in [-0.39, 0.29) is 31.2 Å². The summed E-state index contributed by atoms with van der Waals surface area (Å²) in [5, 5.41) is 0. The van der Waals surface area contributed by atoms with Gasteiger partial charge in [0, 0.05) is 27.4 Å². The maximum Gasteiger partial charge on any atom is 0.500 e. The van der Waals surface area contributed by atoms with Crippen LogP contribution in [0.25, 0.3) is 0 Å². The molecular formula is C15H25N3O6Si. The van der Waals surface area contributed by atoms with E-state index >= 15 is 0 Å². The number of ether oxygens (including phenoxy) is 3. The molecule has 1 aromatic heterocycles. The number of hydrogen-bond donors (Lipinski definition) is 0. The largest absolute Gasteiger partial charge is 0.500 e. The minimum Gasteiger partial charge on any atom is -0.463 e. The molecule has 0 radical (unpaired) electrons. The summed E-state index contributed by atoms with van der Waals surface area (Å²) < 4.78 is 32.2. The summed E-state index contributed by atoms with van der Waals surface area (Å²) in [5.74, 6) is 0. The average Bonchev–Trinajstić information content (AvgIpc) is 2.65. The minimum atomic E-state index is -2.62. The molecule has 0 aromatic carbocycles. The second-order valence-corrected chi connectivity index (χ2v) is 7.72. The molecule has 0 aliphatic carbocycles. The highest BCUT2D eigenvalue weighted by Crippen LogP contribution is 2.17. The van der Waals surface area contributed by atoms with E-state index in [1.807, 2.05) is 0 Å². The molecule has 1 aromatic rings. The molecule has 1 heterocycles. The molecule has 0 saturated heterocycles. The van der Waals surface area contributed by atoms with E-state index in [2.05, 4.69) is 28.1 Å². The average molecular weight is 371 g/mol. The van der Waals surface area contributed by atoms with Crippen LogP contribution >= 0.6 is 0 Å². The van der Waals surface area contributed by atoms with Crippen molar-refractivity contribution < 1.29 is 27.5 Å². The zero-order chi connectivity index (χ0) is 18.5. The van der Waals surface area contributed by atoms with Crippen LogP contribution < -0.4 is 14.2 Å². The van der Waals surface area contributed by atoms with Crippen molar-refractivity contribution in [1.82, 2.24) is 15.0 Å². The maximum atomic E-state index is 5.56. The summed E-state index contributed by atoms with van der Waals surface area (Å²) in [6.45, 7) is 8.01. The molecule has 9 nitrogen and oxygen atoms in total. The van der Waals surface area contributed by atoms with Gasteiger partial charge in [0.2, 0.25) is 0 Å². The van der Waals surface area contributed by atoms with E-state index in [1.54, 1.807) is 33.5 Å². The molecule has 0 fully saturated rings. The molecule has 0 aliphatic heterocycles. The van der Waals surface area contributed by atoms with Gasteiger partial charge in [-0.15, -0.1) is 15.0 Å². The van der Waals surface area contributed by atoms with Gasteiger partial charge in [0.1, 0.15) is 13.2 Å². The van der Waals surface area contributed by atoms with Crippen molar-refractivity contribution in [2.24, 2.45) is 0 Å². The SMILES string of the molecule is C=CCOc1nc(OCC=C)nc(OCCC[Si](OC)(OC)OC)n1.